The normalized spacial score (nSPS) is 12.7. The minimum absolute atomic E-state index is 0.156. The molecule has 0 aromatic heterocycles. The Morgan fingerprint density at radius 3 is 2.33 bits per heavy atom. The van der Waals surface area contributed by atoms with E-state index in [0.717, 1.165) is 10.6 Å². The average Bonchev–Trinajstić information content (AvgIpc) is 2.44. The monoisotopic (exact) mass is 305 g/mol. The average molecular weight is 306 g/mol. The number of aryl methyl sites for hydroxylation is 1. The number of hydrogen-bond acceptors (Lipinski definition) is 1. The van der Waals surface area contributed by atoms with Crippen LogP contribution in [0.15, 0.2) is 42.5 Å². The predicted molar refractivity (Wildman–Crippen MR) is 87.0 cm³/mol. The zero-order valence-electron chi connectivity index (χ0n) is 12.7. The van der Waals surface area contributed by atoms with Gasteiger partial charge < -0.3 is 5.32 Å². The van der Waals surface area contributed by atoms with Crippen molar-refractivity contribution >= 4 is 11.6 Å². The summed E-state index contributed by atoms with van der Waals surface area (Å²) in [4.78, 5) is 0. The first kappa shape index (κ1) is 16.0. The van der Waals surface area contributed by atoms with Gasteiger partial charge in [0, 0.05) is 17.6 Å². The maximum Gasteiger partial charge on any atom is 0.126 e. The molecule has 0 amide bonds. The van der Waals surface area contributed by atoms with Crippen LogP contribution in [0.4, 0.5) is 4.39 Å². The molecule has 1 N–H and O–H groups in total. The highest BCUT2D eigenvalue weighted by Gasteiger charge is 2.15. The second-order valence-corrected chi connectivity index (χ2v) is 6.17. The summed E-state index contributed by atoms with van der Waals surface area (Å²) in [6.45, 7) is 6.87. The van der Waals surface area contributed by atoms with Gasteiger partial charge in [-0.1, -0.05) is 49.7 Å². The van der Waals surface area contributed by atoms with E-state index in [-0.39, 0.29) is 11.9 Å². The molecule has 21 heavy (non-hydrogen) atoms. The van der Waals surface area contributed by atoms with E-state index in [0.29, 0.717) is 18.0 Å². The highest BCUT2D eigenvalue weighted by Crippen LogP contribution is 2.24. The summed E-state index contributed by atoms with van der Waals surface area (Å²) in [5, 5.41) is 4.30. The molecule has 1 nitrogen and oxygen atoms in total. The second-order valence-electron chi connectivity index (χ2n) is 5.74. The molecule has 0 aliphatic carbocycles. The van der Waals surface area contributed by atoms with Gasteiger partial charge in [-0.3, -0.25) is 0 Å². The van der Waals surface area contributed by atoms with Crippen LogP contribution in [0.25, 0.3) is 0 Å². The van der Waals surface area contributed by atoms with E-state index in [1.54, 1.807) is 6.92 Å². The molecule has 2 rings (SSSR count). The molecule has 0 fully saturated rings. The first-order valence-electron chi connectivity index (χ1n) is 7.21. The standard InChI is InChI=1S/C18H21ClFN/c1-12(2)18(15-5-7-16(19)8-6-15)21-11-14-4-9-17(20)13(3)10-14/h4-10,12,18,21H,11H2,1-3H3. The van der Waals surface area contributed by atoms with Crippen molar-refractivity contribution in [1.82, 2.24) is 5.32 Å². The molecular weight excluding hydrogens is 285 g/mol. The molecule has 0 radical (unpaired) electrons. The lowest BCUT2D eigenvalue weighted by Crippen LogP contribution is -2.25. The molecule has 0 saturated heterocycles. The first-order valence-corrected chi connectivity index (χ1v) is 7.59. The molecule has 0 saturated carbocycles. The molecule has 0 aliphatic heterocycles. The van der Waals surface area contributed by atoms with E-state index in [2.05, 4.69) is 31.3 Å². The van der Waals surface area contributed by atoms with Crippen LogP contribution < -0.4 is 5.32 Å². The molecule has 1 atom stereocenters. The largest absolute Gasteiger partial charge is 0.306 e. The lowest BCUT2D eigenvalue weighted by molar-refractivity contribution is 0.410. The zero-order chi connectivity index (χ0) is 15.4. The summed E-state index contributed by atoms with van der Waals surface area (Å²) in [6.07, 6.45) is 0. The van der Waals surface area contributed by atoms with E-state index in [1.807, 2.05) is 24.3 Å². The van der Waals surface area contributed by atoms with Crippen molar-refractivity contribution in [2.75, 3.05) is 0 Å². The number of hydrogen-bond donors (Lipinski definition) is 1. The van der Waals surface area contributed by atoms with Gasteiger partial charge in [-0.05, 0) is 47.7 Å². The third-order valence-electron chi connectivity index (χ3n) is 3.64. The molecule has 1 unspecified atom stereocenters. The van der Waals surface area contributed by atoms with Crippen LogP contribution in [0.2, 0.25) is 5.02 Å². The van der Waals surface area contributed by atoms with Crippen LogP contribution in [-0.2, 0) is 6.54 Å². The Bertz CT molecular complexity index is 593. The van der Waals surface area contributed by atoms with Gasteiger partial charge in [0.15, 0.2) is 0 Å². The molecule has 2 aromatic rings. The van der Waals surface area contributed by atoms with E-state index < -0.39 is 0 Å². The fourth-order valence-corrected chi connectivity index (χ4v) is 2.58. The van der Waals surface area contributed by atoms with Crippen molar-refractivity contribution in [1.29, 1.82) is 0 Å². The fourth-order valence-electron chi connectivity index (χ4n) is 2.45. The quantitative estimate of drug-likeness (QED) is 0.793. The number of benzene rings is 2. The fraction of sp³-hybridized carbons (Fsp3) is 0.333. The smallest absolute Gasteiger partial charge is 0.126 e. The molecule has 112 valence electrons. The van der Waals surface area contributed by atoms with Crippen LogP contribution in [0.3, 0.4) is 0 Å². The van der Waals surface area contributed by atoms with Gasteiger partial charge in [-0.25, -0.2) is 4.39 Å². The highest BCUT2D eigenvalue weighted by molar-refractivity contribution is 6.30. The van der Waals surface area contributed by atoms with Crippen molar-refractivity contribution < 1.29 is 4.39 Å². The third kappa shape index (κ3) is 4.29. The van der Waals surface area contributed by atoms with Crippen LogP contribution >= 0.6 is 11.6 Å². The lowest BCUT2D eigenvalue weighted by atomic mass is 9.95. The van der Waals surface area contributed by atoms with Crippen LogP contribution in [0.1, 0.15) is 36.6 Å². The third-order valence-corrected chi connectivity index (χ3v) is 3.90. The summed E-state index contributed by atoms with van der Waals surface area (Å²) in [6, 6.07) is 13.4. The Labute approximate surface area is 131 Å². The molecule has 0 bridgehead atoms. The Morgan fingerprint density at radius 1 is 1.10 bits per heavy atom. The molecule has 0 spiro atoms. The summed E-state index contributed by atoms with van der Waals surface area (Å²) in [5.74, 6) is 0.296. The van der Waals surface area contributed by atoms with Gasteiger partial charge >= 0.3 is 0 Å². The van der Waals surface area contributed by atoms with Gasteiger partial charge in [-0.2, -0.15) is 0 Å². The Kier molecular flexibility index (Phi) is 5.38. The zero-order valence-corrected chi connectivity index (χ0v) is 13.4. The van der Waals surface area contributed by atoms with Crippen molar-refractivity contribution in [2.24, 2.45) is 5.92 Å². The van der Waals surface area contributed by atoms with Gasteiger partial charge in [-0.15, -0.1) is 0 Å². The summed E-state index contributed by atoms with van der Waals surface area (Å²) in [5.41, 5.74) is 2.99. The second kappa shape index (κ2) is 7.06. The maximum atomic E-state index is 13.3. The van der Waals surface area contributed by atoms with E-state index >= 15 is 0 Å². The van der Waals surface area contributed by atoms with Gasteiger partial charge in [0.05, 0.1) is 0 Å². The minimum atomic E-state index is -0.156. The number of nitrogens with one attached hydrogen (secondary N) is 1. The van der Waals surface area contributed by atoms with Crippen molar-refractivity contribution in [3.05, 3.63) is 70.0 Å². The summed E-state index contributed by atoms with van der Waals surface area (Å²) < 4.78 is 13.3. The first-order chi connectivity index (χ1) is 9.97. The van der Waals surface area contributed by atoms with Crippen molar-refractivity contribution in [3.8, 4) is 0 Å². The topological polar surface area (TPSA) is 12.0 Å². The minimum Gasteiger partial charge on any atom is -0.306 e. The van der Waals surface area contributed by atoms with E-state index in [1.165, 1.54) is 11.6 Å². The number of rotatable bonds is 5. The highest BCUT2D eigenvalue weighted by atomic mass is 35.5. The van der Waals surface area contributed by atoms with Gasteiger partial charge in [0.2, 0.25) is 0 Å². The van der Waals surface area contributed by atoms with Crippen LogP contribution in [0, 0.1) is 18.7 Å². The van der Waals surface area contributed by atoms with E-state index in [4.69, 9.17) is 11.6 Å². The molecule has 2 aromatic carbocycles. The van der Waals surface area contributed by atoms with Gasteiger partial charge in [0.25, 0.3) is 0 Å². The molecule has 0 heterocycles. The van der Waals surface area contributed by atoms with Crippen molar-refractivity contribution in [3.63, 3.8) is 0 Å². The van der Waals surface area contributed by atoms with Crippen molar-refractivity contribution in [2.45, 2.75) is 33.4 Å². The van der Waals surface area contributed by atoms with Crippen LogP contribution in [-0.4, -0.2) is 0 Å². The molecule has 0 aliphatic rings. The SMILES string of the molecule is Cc1cc(CNC(c2ccc(Cl)cc2)C(C)C)ccc1F. The summed E-state index contributed by atoms with van der Waals surface area (Å²) in [7, 11) is 0. The molecular formula is C18H21ClFN. The van der Waals surface area contributed by atoms with Crippen LogP contribution in [0.5, 0.6) is 0 Å². The predicted octanol–water partition coefficient (Wildman–Crippen LogP) is 5.27. The maximum absolute atomic E-state index is 13.3. The lowest BCUT2D eigenvalue weighted by Gasteiger charge is -2.23. The molecule has 3 heteroatoms. The Balaban J connectivity index is 2.09. The number of halogens is 2. The van der Waals surface area contributed by atoms with E-state index in [9.17, 15) is 4.39 Å². The Hall–Kier alpha value is -1.38. The Morgan fingerprint density at radius 2 is 1.76 bits per heavy atom. The van der Waals surface area contributed by atoms with Gasteiger partial charge in [0.1, 0.15) is 5.82 Å². The summed E-state index contributed by atoms with van der Waals surface area (Å²) >= 11 is 5.95.